The fourth-order valence-corrected chi connectivity index (χ4v) is 9.14. The molecular formula is C28H50N2O. The molecule has 3 nitrogen and oxygen atoms in total. The molecule has 0 bridgehead atoms. The second kappa shape index (κ2) is 9.37. The molecule has 178 valence electrons. The number of hydrazine groups is 1. The summed E-state index contributed by atoms with van der Waals surface area (Å²) in [5, 5.41) is 9.59. The van der Waals surface area contributed by atoms with Gasteiger partial charge in [-0.05, 0) is 98.2 Å². The maximum atomic E-state index is 9.59. The Bertz CT molecular complexity index is 647. The summed E-state index contributed by atoms with van der Waals surface area (Å²) in [7, 11) is 0. The lowest BCUT2D eigenvalue weighted by molar-refractivity contribution is -0.134. The molecule has 3 fully saturated rings. The summed E-state index contributed by atoms with van der Waals surface area (Å²) in [6, 6.07) is 0. The van der Waals surface area contributed by atoms with Crippen molar-refractivity contribution in [3.63, 3.8) is 0 Å². The highest BCUT2D eigenvalue weighted by atomic mass is 16.3. The highest BCUT2D eigenvalue weighted by Gasteiger charge is 2.62. The van der Waals surface area contributed by atoms with Crippen molar-refractivity contribution in [3.8, 4) is 0 Å². The van der Waals surface area contributed by atoms with Crippen LogP contribution in [0.3, 0.4) is 0 Å². The van der Waals surface area contributed by atoms with Crippen LogP contribution in [0.1, 0.15) is 124 Å². The molecule has 1 aliphatic heterocycles. The Balaban J connectivity index is 1.40. The van der Waals surface area contributed by atoms with Crippen molar-refractivity contribution in [2.24, 2.45) is 34.0 Å². The number of nitrogens with one attached hydrogen (secondary N) is 2. The first kappa shape index (κ1) is 23.6. The van der Waals surface area contributed by atoms with Gasteiger partial charge in [-0.3, -0.25) is 0 Å². The van der Waals surface area contributed by atoms with Crippen molar-refractivity contribution in [2.75, 3.05) is 0 Å². The van der Waals surface area contributed by atoms with Crippen molar-refractivity contribution in [1.29, 1.82) is 0 Å². The van der Waals surface area contributed by atoms with Gasteiger partial charge in [0.2, 0.25) is 0 Å². The Morgan fingerprint density at radius 3 is 2.55 bits per heavy atom. The lowest BCUT2D eigenvalue weighted by Crippen LogP contribution is -2.55. The standard InChI is InChI=1S/C28H50N2O/c1-5-6-7-17-26(2)18-9-19-28(4)23(26)16-20-27(3)21(12-14-24(27)28)10-8-11-22-13-15-25(31)30-29-22/h13,21,23-25,29-31H,5-12,14-20H2,1-4H3/t21?,23?,24?,25?,26?,27?,28-/m1/s1. The summed E-state index contributed by atoms with van der Waals surface area (Å²) in [5.41, 5.74) is 9.17. The molecule has 0 aromatic carbocycles. The maximum absolute atomic E-state index is 9.59. The zero-order chi connectivity index (χ0) is 22.1. The third-order valence-corrected chi connectivity index (χ3v) is 10.7. The summed E-state index contributed by atoms with van der Waals surface area (Å²) in [6.07, 6.45) is 22.2. The van der Waals surface area contributed by atoms with Crippen LogP contribution in [0.4, 0.5) is 0 Å². The molecule has 0 aromatic rings. The Labute approximate surface area is 192 Å². The number of hydrogen-bond donors (Lipinski definition) is 3. The van der Waals surface area contributed by atoms with Crippen LogP contribution in [0.5, 0.6) is 0 Å². The predicted octanol–water partition coefficient (Wildman–Crippen LogP) is 7.08. The van der Waals surface area contributed by atoms with Gasteiger partial charge in [0.1, 0.15) is 6.23 Å². The van der Waals surface area contributed by atoms with Crippen molar-refractivity contribution < 1.29 is 5.11 Å². The number of hydrogen-bond acceptors (Lipinski definition) is 3. The first-order valence-electron chi connectivity index (χ1n) is 13.7. The van der Waals surface area contributed by atoms with Gasteiger partial charge in [-0.15, -0.1) is 0 Å². The SMILES string of the molecule is CCCCCC1(C)CCC[C@]2(C)C1CCC1(C)C(CCCC3=CCC(O)NN3)CCC12. The topological polar surface area (TPSA) is 44.3 Å². The molecule has 3 aliphatic carbocycles. The monoisotopic (exact) mass is 430 g/mol. The minimum absolute atomic E-state index is 0.433. The van der Waals surface area contributed by atoms with Gasteiger partial charge in [0.05, 0.1) is 0 Å². The molecule has 3 N–H and O–H groups in total. The smallest absolute Gasteiger partial charge is 0.124 e. The van der Waals surface area contributed by atoms with Crippen molar-refractivity contribution in [3.05, 3.63) is 11.8 Å². The lowest BCUT2D eigenvalue weighted by Gasteiger charge is -2.62. The maximum Gasteiger partial charge on any atom is 0.124 e. The highest BCUT2D eigenvalue weighted by molar-refractivity contribution is 5.12. The van der Waals surface area contributed by atoms with Crippen LogP contribution < -0.4 is 10.9 Å². The van der Waals surface area contributed by atoms with Gasteiger partial charge in [-0.2, -0.15) is 0 Å². The Morgan fingerprint density at radius 2 is 1.81 bits per heavy atom. The quantitative estimate of drug-likeness (QED) is 0.361. The minimum atomic E-state index is -0.433. The van der Waals surface area contributed by atoms with Gasteiger partial charge in [0.15, 0.2) is 0 Å². The fraction of sp³-hybridized carbons (Fsp3) is 0.929. The van der Waals surface area contributed by atoms with Gasteiger partial charge in [0, 0.05) is 12.1 Å². The zero-order valence-electron chi connectivity index (χ0n) is 20.9. The summed E-state index contributed by atoms with van der Waals surface area (Å²) in [6.45, 7) is 10.4. The van der Waals surface area contributed by atoms with Crippen LogP contribution in [0.25, 0.3) is 0 Å². The number of aliphatic hydroxyl groups is 1. The molecule has 0 spiro atoms. The molecule has 4 rings (SSSR count). The summed E-state index contributed by atoms with van der Waals surface area (Å²) >= 11 is 0. The third-order valence-electron chi connectivity index (χ3n) is 10.7. The van der Waals surface area contributed by atoms with Crippen LogP contribution in [0.15, 0.2) is 11.8 Å². The molecule has 0 saturated heterocycles. The summed E-state index contributed by atoms with van der Waals surface area (Å²) < 4.78 is 0. The van der Waals surface area contributed by atoms with Gasteiger partial charge in [0.25, 0.3) is 0 Å². The Kier molecular flexibility index (Phi) is 7.14. The Hall–Kier alpha value is -0.540. The second-order valence-corrected chi connectivity index (χ2v) is 12.5. The Morgan fingerprint density at radius 1 is 0.968 bits per heavy atom. The van der Waals surface area contributed by atoms with E-state index in [2.05, 4.69) is 44.6 Å². The molecule has 31 heavy (non-hydrogen) atoms. The van der Waals surface area contributed by atoms with E-state index >= 15 is 0 Å². The predicted molar refractivity (Wildman–Crippen MR) is 130 cm³/mol. The van der Waals surface area contributed by atoms with Gasteiger partial charge >= 0.3 is 0 Å². The van der Waals surface area contributed by atoms with Crippen LogP contribution >= 0.6 is 0 Å². The third kappa shape index (κ3) is 4.47. The first-order valence-corrected chi connectivity index (χ1v) is 13.7. The molecule has 0 aromatic heterocycles. The number of aliphatic hydroxyl groups excluding tert-OH is 1. The number of unbranched alkanes of at least 4 members (excludes halogenated alkanes) is 2. The lowest BCUT2D eigenvalue weighted by atomic mass is 9.42. The molecule has 1 heterocycles. The molecule has 3 saturated carbocycles. The van der Waals surface area contributed by atoms with Crippen molar-refractivity contribution in [2.45, 2.75) is 130 Å². The number of rotatable bonds is 8. The van der Waals surface area contributed by atoms with Crippen LogP contribution in [-0.2, 0) is 0 Å². The van der Waals surface area contributed by atoms with Gasteiger partial charge in [-0.25, -0.2) is 5.43 Å². The van der Waals surface area contributed by atoms with Crippen LogP contribution in [-0.4, -0.2) is 11.3 Å². The summed E-state index contributed by atoms with van der Waals surface area (Å²) in [5.74, 6) is 2.81. The second-order valence-electron chi connectivity index (χ2n) is 12.5. The van der Waals surface area contributed by atoms with E-state index in [9.17, 15) is 5.11 Å². The first-order chi connectivity index (χ1) is 14.8. The van der Waals surface area contributed by atoms with Crippen molar-refractivity contribution in [1.82, 2.24) is 10.9 Å². The normalized spacial score (nSPS) is 44.9. The number of fused-ring (bicyclic) bond motifs is 3. The molecule has 0 radical (unpaired) electrons. The van der Waals surface area contributed by atoms with E-state index in [-0.39, 0.29) is 0 Å². The molecule has 3 heteroatoms. The zero-order valence-corrected chi connectivity index (χ0v) is 20.9. The molecule has 0 amide bonds. The summed E-state index contributed by atoms with van der Waals surface area (Å²) in [4.78, 5) is 0. The molecular weight excluding hydrogens is 380 g/mol. The van der Waals surface area contributed by atoms with Crippen LogP contribution in [0.2, 0.25) is 0 Å². The highest BCUT2D eigenvalue weighted by Crippen LogP contribution is 2.70. The van der Waals surface area contributed by atoms with E-state index in [1.165, 1.54) is 89.2 Å². The molecule has 7 atom stereocenters. The fourth-order valence-electron chi connectivity index (χ4n) is 9.14. The molecule has 6 unspecified atom stereocenters. The largest absolute Gasteiger partial charge is 0.377 e. The van der Waals surface area contributed by atoms with Gasteiger partial charge in [-0.1, -0.05) is 59.5 Å². The average Bonchev–Trinajstić information content (AvgIpc) is 3.07. The van der Waals surface area contributed by atoms with E-state index in [4.69, 9.17) is 0 Å². The van der Waals surface area contributed by atoms with E-state index in [0.717, 1.165) is 30.6 Å². The van der Waals surface area contributed by atoms with E-state index in [1.807, 2.05) is 0 Å². The van der Waals surface area contributed by atoms with Crippen molar-refractivity contribution >= 4 is 0 Å². The van der Waals surface area contributed by atoms with Crippen LogP contribution in [0, 0.1) is 34.0 Å². The van der Waals surface area contributed by atoms with Gasteiger partial charge < -0.3 is 10.5 Å². The number of allylic oxidation sites excluding steroid dienone is 1. The average molecular weight is 431 g/mol. The molecule has 4 aliphatic rings. The van der Waals surface area contributed by atoms with E-state index in [1.54, 1.807) is 0 Å². The van der Waals surface area contributed by atoms with E-state index in [0.29, 0.717) is 16.2 Å². The van der Waals surface area contributed by atoms with E-state index < -0.39 is 6.23 Å². The minimum Gasteiger partial charge on any atom is -0.377 e.